The number of nitrogens with zero attached hydrogens (tertiary/aromatic N) is 4. The van der Waals surface area contributed by atoms with Crippen molar-refractivity contribution in [1.29, 1.82) is 0 Å². The zero-order valence-electron chi connectivity index (χ0n) is 18.1. The number of guanidine groups is 1. The van der Waals surface area contributed by atoms with Gasteiger partial charge in [-0.3, -0.25) is 4.79 Å². The number of rotatable bonds is 6. The monoisotopic (exact) mass is 410 g/mol. The van der Waals surface area contributed by atoms with E-state index in [9.17, 15) is 4.79 Å². The van der Waals surface area contributed by atoms with Gasteiger partial charge in [0.05, 0.1) is 31.4 Å². The van der Waals surface area contributed by atoms with E-state index in [1.807, 2.05) is 55.4 Å². The van der Waals surface area contributed by atoms with E-state index >= 15 is 0 Å². The number of benzene rings is 1. The van der Waals surface area contributed by atoms with Crippen molar-refractivity contribution in [2.45, 2.75) is 19.0 Å². The first kappa shape index (κ1) is 21.4. The smallest absolute Gasteiger partial charge is 0.241 e. The Morgan fingerprint density at radius 3 is 2.73 bits per heavy atom. The lowest BCUT2D eigenvalue weighted by molar-refractivity contribution is -0.127. The second-order valence-electron chi connectivity index (χ2n) is 7.56. The largest absolute Gasteiger partial charge is 0.493 e. The number of anilines is 1. The maximum Gasteiger partial charge on any atom is 0.241 e. The molecule has 1 aromatic heterocycles. The first-order valence-corrected chi connectivity index (χ1v) is 10.0. The lowest BCUT2D eigenvalue weighted by Gasteiger charge is -2.28. The highest BCUT2D eigenvalue weighted by atomic mass is 16.5. The molecule has 0 aliphatic carbocycles. The Labute approximate surface area is 178 Å². The van der Waals surface area contributed by atoms with Gasteiger partial charge in [0, 0.05) is 40.2 Å². The molecule has 0 saturated carbocycles. The minimum absolute atomic E-state index is 0.0235. The van der Waals surface area contributed by atoms with E-state index in [1.54, 1.807) is 19.0 Å². The second-order valence-corrected chi connectivity index (χ2v) is 7.56. The van der Waals surface area contributed by atoms with Crippen molar-refractivity contribution >= 4 is 17.7 Å². The Kier molecular flexibility index (Phi) is 7.11. The molecule has 1 aliphatic heterocycles. The van der Waals surface area contributed by atoms with E-state index in [-0.39, 0.29) is 18.5 Å². The van der Waals surface area contributed by atoms with Crippen LogP contribution in [0.2, 0.25) is 0 Å². The maximum absolute atomic E-state index is 12.1. The van der Waals surface area contributed by atoms with E-state index in [0.29, 0.717) is 19.1 Å². The number of carbonyl (C=O) groups excluding carboxylic acids is 1. The number of pyridine rings is 1. The summed E-state index contributed by atoms with van der Waals surface area (Å²) in [6.07, 6.45) is 0.813. The number of likely N-dealkylation sites (N-methyl/N-ethyl adjacent to an activating group) is 1. The average Bonchev–Trinajstić information content (AvgIpc) is 2.75. The van der Waals surface area contributed by atoms with Crippen LogP contribution in [0.25, 0.3) is 0 Å². The number of aromatic nitrogens is 1. The maximum atomic E-state index is 12.1. The number of aliphatic imine (C=N–C) groups is 1. The highest BCUT2D eigenvalue weighted by Crippen LogP contribution is 2.31. The molecule has 8 heteroatoms. The van der Waals surface area contributed by atoms with Crippen LogP contribution in [0.4, 0.5) is 5.82 Å². The van der Waals surface area contributed by atoms with Crippen molar-refractivity contribution in [3.63, 3.8) is 0 Å². The van der Waals surface area contributed by atoms with Crippen LogP contribution in [0, 0.1) is 0 Å². The zero-order valence-corrected chi connectivity index (χ0v) is 18.1. The van der Waals surface area contributed by atoms with Gasteiger partial charge in [0.15, 0.2) is 5.96 Å². The number of nitrogens with one attached hydrogen (secondary N) is 2. The first-order chi connectivity index (χ1) is 14.4. The molecule has 1 aromatic carbocycles. The molecule has 0 radical (unpaired) electrons. The fourth-order valence-corrected chi connectivity index (χ4v) is 3.09. The van der Waals surface area contributed by atoms with Gasteiger partial charge in [-0.2, -0.15) is 0 Å². The van der Waals surface area contributed by atoms with Crippen LogP contribution in [-0.2, 0) is 11.3 Å². The summed E-state index contributed by atoms with van der Waals surface area (Å²) in [6.45, 7) is 1.19. The van der Waals surface area contributed by atoms with Gasteiger partial charge in [0.1, 0.15) is 11.6 Å². The second kappa shape index (κ2) is 9.96. The summed E-state index contributed by atoms with van der Waals surface area (Å²) >= 11 is 0. The lowest BCUT2D eigenvalue weighted by atomic mass is 10.0. The fraction of sp³-hybridized carbons (Fsp3) is 0.409. The number of ether oxygens (including phenoxy) is 1. The third-order valence-electron chi connectivity index (χ3n) is 4.82. The van der Waals surface area contributed by atoms with Crippen molar-refractivity contribution in [3.05, 3.63) is 53.7 Å². The molecule has 3 rings (SSSR count). The third kappa shape index (κ3) is 5.62. The van der Waals surface area contributed by atoms with E-state index in [0.717, 1.165) is 29.2 Å². The molecular weight excluding hydrogens is 380 g/mol. The highest BCUT2D eigenvalue weighted by molar-refractivity contribution is 5.86. The Balaban J connectivity index is 1.77. The summed E-state index contributed by atoms with van der Waals surface area (Å²) < 4.78 is 5.75. The molecule has 1 unspecified atom stereocenters. The Bertz CT molecular complexity index is 897. The van der Waals surface area contributed by atoms with Gasteiger partial charge in [-0.15, -0.1) is 0 Å². The number of carbonyl (C=O) groups is 1. The van der Waals surface area contributed by atoms with Gasteiger partial charge < -0.3 is 25.2 Å². The predicted octanol–water partition coefficient (Wildman–Crippen LogP) is 1.79. The van der Waals surface area contributed by atoms with Crippen LogP contribution >= 0.6 is 0 Å². The zero-order chi connectivity index (χ0) is 21.5. The summed E-state index contributed by atoms with van der Waals surface area (Å²) in [5.41, 5.74) is 1.94. The molecule has 8 nitrogen and oxygen atoms in total. The highest BCUT2D eigenvalue weighted by Gasteiger charge is 2.22. The minimum Gasteiger partial charge on any atom is -0.493 e. The molecule has 2 aromatic rings. The van der Waals surface area contributed by atoms with Crippen LogP contribution in [-0.4, -0.2) is 63.1 Å². The molecule has 1 aliphatic rings. The quantitative estimate of drug-likeness (QED) is 0.558. The molecule has 30 heavy (non-hydrogen) atoms. The SMILES string of the molecule is CN(C)C(=O)CNC(=NCc1cccc(N(C)C)n1)NC1CCOc2ccccc21. The van der Waals surface area contributed by atoms with E-state index < -0.39 is 0 Å². The summed E-state index contributed by atoms with van der Waals surface area (Å²) in [6, 6.07) is 13.9. The Morgan fingerprint density at radius 2 is 1.97 bits per heavy atom. The molecule has 2 heterocycles. The molecule has 1 amide bonds. The molecule has 0 bridgehead atoms. The molecule has 0 fully saturated rings. The molecular formula is C22H30N6O2. The molecule has 1 atom stereocenters. The Hall–Kier alpha value is -3.29. The summed E-state index contributed by atoms with van der Waals surface area (Å²) in [4.78, 5) is 24.9. The van der Waals surface area contributed by atoms with Crippen LogP contribution in [0.5, 0.6) is 5.75 Å². The number of hydrogen-bond donors (Lipinski definition) is 2. The molecule has 0 spiro atoms. The fourth-order valence-electron chi connectivity index (χ4n) is 3.09. The van der Waals surface area contributed by atoms with E-state index in [2.05, 4.69) is 21.7 Å². The number of fused-ring (bicyclic) bond motifs is 1. The number of para-hydroxylation sites is 1. The summed E-state index contributed by atoms with van der Waals surface area (Å²) in [5.74, 6) is 2.31. The molecule has 2 N–H and O–H groups in total. The number of amides is 1. The van der Waals surface area contributed by atoms with Gasteiger partial charge in [-0.1, -0.05) is 24.3 Å². The normalized spacial score (nSPS) is 15.6. The third-order valence-corrected chi connectivity index (χ3v) is 4.82. The van der Waals surface area contributed by atoms with Crippen molar-refractivity contribution in [2.75, 3.05) is 46.2 Å². The Morgan fingerprint density at radius 1 is 1.17 bits per heavy atom. The first-order valence-electron chi connectivity index (χ1n) is 10.0. The topological polar surface area (TPSA) is 82.1 Å². The van der Waals surface area contributed by atoms with Crippen molar-refractivity contribution in [3.8, 4) is 5.75 Å². The van der Waals surface area contributed by atoms with Crippen molar-refractivity contribution < 1.29 is 9.53 Å². The summed E-state index contributed by atoms with van der Waals surface area (Å²) in [5, 5.41) is 6.62. The molecule has 160 valence electrons. The van der Waals surface area contributed by atoms with E-state index in [1.165, 1.54) is 0 Å². The average molecular weight is 411 g/mol. The van der Waals surface area contributed by atoms with Crippen molar-refractivity contribution in [2.24, 2.45) is 4.99 Å². The molecule has 0 saturated heterocycles. The van der Waals surface area contributed by atoms with Crippen LogP contribution in [0.3, 0.4) is 0 Å². The lowest BCUT2D eigenvalue weighted by Crippen LogP contribution is -2.45. The van der Waals surface area contributed by atoms with E-state index in [4.69, 9.17) is 9.73 Å². The van der Waals surface area contributed by atoms with Gasteiger partial charge in [0.2, 0.25) is 5.91 Å². The van der Waals surface area contributed by atoms with Crippen LogP contribution < -0.4 is 20.3 Å². The van der Waals surface area contributed by atoms with Gasteiger partial charge in [-0.05, 0) is 18.2 Å². The van der Waals surface area contributed by atoms with Crippen LogP contribution in [0.1, 0.15) is 23.7 Å². The van der Waals surface area contributed by atoms with Crippen LogP contribution in [0.15, 0.2) is 47.5 Å². The van der Waals surface area contributed by atoms with Gasteiger partial charge >= 0.3 is 0 Å². The van der Waals surface area contributed by atoms with Gasteiger partial charge in [0.25, 0.3) is 0 Å². The van der Waals surface area contributed by atoms with Gasteiger partial charge in [-0.25, -0.2) is 9.98 Å². The van der Waals surface area contributed by atoms with Crippen molar-refractivity contribution in [1.82, 2.24) is 20.5 Å². The standard InChI is InChI=1S/C22H30N6O2/c1-27(2)20-11-7-8-16(25-20)14-23-22(24-15-21(29)28(3)4)26-18-12-13-30-19-10-6-5-9-17(18)19/h5-11,18H,12-15H2,1-4H3,(H2,23,24,26). The minimum atomic E-state index is -0.0235. The predicted molar refractivity (Wildman–Crippen MR) is 119 cm³/mol. The summed E-state index contributed by atoms with van der Waals surface area (Å²) in [7, 11) is 7.39. The number of hydrogen-bond acceptors (Lipinski definition) is 5.